The van der Waals surface area contributed by atoms with Crippen molar-refractivity contribution < 1.29 is 9.90 Å². The SMILES string of the molecule is Cn1nc(C(=O)O)cc1-c1ccc(C2CCC(C)(C)CC2)cc1. The van der Waals surface area contributed by atoms with E-state index >= 15 is 0 Å². The first-order valence-corrected chi connectivity index (χ1v) is 8.23. The molecule has 1 aromatic heterocycles. The summed E-state index contributed by atoms with van der Waals surface area (Å²) in [7, 11) is 1.78. The van der Waals surface area contributed by atoms with E-state index in [1.807, 2.05) is 0 Å². The van der Waals surface area contributed by atoms with Gasteiger partial charge in [-0.2, -0.15) is 5.10 Å². The van der Waals surface area contributed by atoms with Crippen LogP contribution >= 0.6 is 0 Å². The molecule has 0 unspecified atom stereocenters. The van der Waals surface area contributed by atoms with Crippen molar-refractivity contribution in [2.45, 2.75) is 45.4 Å². The van der Waals surface area contributed by atoms with E-state index < -0.39 is 5.97 Å². The quantitative estimate of drug-likeness (QED) is 0.909. The first-order chi connectivity index (χ1) is 10.9. The van der Waals surface area contributed by atoms with E-state index in [9.17, 15) is 4.79 Å². The molecular formula is C19H24N2O2. The number of carboxylic acids is 1. The van der Waals surface area contributed by atoms with Gasteiger partial charge in [-0.05, 0) is 54.2 Å². The Kier molecular flexibility index (Phi) is 4.00. The third-order valence-electron chi connectivity index (χ3n) is 5.12. The van der Waals surface area contributed by atoms with E-state index in [-0.39, 0.29) is 5.69 Å². The van der Waals surface area contributed by atoms with Gasteiger partial charge in [0.25, 0.3) is 0 Å². The Morgan fingerprint density at radius 2 is 1.83 bits per heavy atom. The highest BCUT2D eigenvalue weighted by atomic mass is 16.4. The molecule has 122 valence electrons. The number of nitrogens with zero attached hydrogens (tertiary/aromatic N) is 2. The molecule has 1 heterocycles. The van der Waals surface area contributed by atoms with Crippen LogP contribution in [0.5, 0.6) is 0 Å². The van der Waals surface area contributed by atoms with Gasteiger partial charge in [0, 0.05) is 7.05 Å². The number of rotatable bonds is 3. The summed E-state index contributed by atoms with van der Waals surface area (Å²) in [4.78, 5) is 11.0. The minimum absolute atomic E-state index is 0.0843. The standard InChI is InChI=1S/C19H24N2O2/c1-19(2)10-8-14(9-11-19)13-4-6-15(7-5-13)17-12-16(18(22)23)20-21(17)3/h4-7,12,14H,8-11H2,1-3H3,(H,22,23). The average Bonchev–Trinajstić information content (AvgIpc) is 2.90. The zero-order valence-electron chi connectivity index (χ0n) is 14.0. The highest BCUT2D eigenvalue weighted by Gasteiger charge is 2.27. The van der Waals surface area contributed by atoms with Gasteiger partial charge in [-0.1, -0.05) is 38.1 Å². The van der Waals surface area contributed by atoms with Gasteiger partial charge in [0.2, 0.25) is 0 Å². The van der Waals surface area contributed by atoms with Gasteiger partial charge < -0.3 is 5.11 Å². The molecule has 1 fully saturated rings. The molecule has 1 aliphatic rings. The second-order valence-corrected chi connectivity index (χ2v) is 7.40. The maximum Gasteiger partial charge on any atom is 0.356 e. The summed E-state index contributed by atoms with van der Waals surface area (Å²) < 4.78 is 1.63. The van der Waals surface area contributed by atoms with E-state index in [2.05, 4.69) is 43.2 Å². The molecule has 4 nitrogen and oxygen atoms in total. The number of hydrogen-bond donors (Lipinski definition) is 1. The van der Waals surface area contributed by atoms with Crippen LogP contribution in [0.2, 0.25) is 0 Å². The summed E-state index contributed by atoms with van der Waals surface area (Å²) >= 11 is 0. The molecule has 0 spiro atoms. The molecular weight excluding hydrogens is 288 g/mol. The lowest BCUT2D eigenvalue weighted by Crippen LogP contribution is -2.20. The topological polar surface area (TPSA) is 55.1 Å². The molecule has 0 bridgehead atoms. The first-order valence-electron chi connectivity index (χ1n) is 8.23. The summed E-state index contributed by atoms with van der Waals surface area (Å²) in [6, 6.07) is 10.2. The van der Waals surface area contributed by atoms with Crippen LogP contribution in [0.15, 0.2) is 30.3 Å². The number of aromatic nitrogens is 2. The smallest absolute Gasteiger partial charge is 0.356 e. The fourth-order valence-corrected chi connectivity index (χ4v) is 3.50. The van der Waals surface area contributed by atoms with Crippen LogP contribution in [0.25, 0.3) is 11.3 Å². The van der Waals surface area contributed by atoms with Gasteiger partial charge in [-0.3, -0.25) is 4.68 Å². The van der Waals surface area contributed by atoms with Gasteiger partial charge in [0.1, 0.15) is 0 Å². The average molecular weight is 312 g/mol. The lowest BCUT2D eigenvalue weighted by molar-refractivity contribution is 0.0689. The number of benzene rings is 1. The Labute approximate surface area is 137 Å². The normalized spacial score (nSPS) is 18.0. The number of hydrogen-bond acceptors (Lipinski definition) is 2. The molecule has 23 heavy (non-hydrogen) atoms. The van der Waals surface area contributed by atoms with Crippen molar-refractivity contribution in [1.29, 1.82) is 0 Å². The van der Waals surface area contributed by atoms with Crippen molar-refractivity contribution in [3.63, 3.8) is 0 Å². The lowest BCUT2D eigenvalue weighted by Gasteiger charge is -2.34. The molecule has 0 saturated heterocycles. The number of aryl methyl sites for hydroxylation is 1. The molecule has 1 aromatic carbocycles. The van der Waals surface area contributed by atoms with Crippen molar-refractivity contribution in [3.05, 3.63) is 41.6 Å². The molecule has 0 amide bonds. The van der Waals surface area contributed by atoms with Gasteiger partial charge in [0.15, 0.2) is 5.69 Å². The number of aromatic carboxylic acids is 1. The molecule has 2 aromatic rings. The Balaban J connectivity index is 1.79. The Bertz CT molecular complexity index is 703. The maximum atomic E-state index is 11.0. The molecule has 1 N–H and O–H groups in total. The second kappa shape index (κ2) is 5.84. The summed E-state index contributed by atoms with van der Waals surface area (Å²) in [6.45, 7) is 4.71. The van der Waals surface area contributed by atoms with Crippen molar-refractivity contribution in [2.75, 3.05) is 0 Å². The van der Waals surface area contributed by atoms with E-state index in [0.29, 0.717) is 11.3 Å². The summed E-state index contributed by atoms with van der Waals surface area (Å²) in [5.41, 5.74) is 3.80. The van der Waals surface area contributed by atoms with E-state index in [0.717, 1.165) is 11.3 Å². The zero-order chi connectivity index (χ0) is 16.6. The fraction of sp³-hybridized carbons (Fsp3) is 0.474. The summed E-state index contributed by atoms with van der Waals surface area (Å²) in [5.74, 6) is -0.341. The molecule has 3 rings (SSSR count). The van der Waals surface area contributed by atoms with Crippen molar-refractivity contribution in [1.82, 2.24) is 9.78 Å². The minimum atomic E-state index is -0.992. The van der Waals surface area contributed by atoms with Crippen LogP contribution in [0.1, 0.15) is 61.5 Å². The third kappa shape index (κ3) is 3.31. The van der Waals surface area contributed by atoms with Gasteiger partial charge in [-0.25, -0.2) is 4.79 Å². The Hall–Kier alpha value is -2.10. The minimum Gasteiger partial charge on any atom is -0.476 e. The van der Waals surface area contributed by atoms with Crippen molar-refractivity contribution in [3.8, 4) is 11.3 Å². The number of carbonyl (C=O) groups is 1. The van der Waals surface area contributed by atoms with Gasteiger partial charge in [0.05, 0.1) is 5.69 Å². The van der Waals surface area contributed by atoms with Gasteiger partial charge in [-0.15, -0.1) is 0 Å². The molecule has 1 aliphatic carbocycles. The van der Waals surface area contributed by atoms with Crippen molar-refractivity contribution in [2.24, 2.45) is 12.5 Å². The maximum absolute atomic E-state index is 11.0. The predicted molar refractivity (Wildman–Crippen MR) is 90.6 cm³/mol. The molecule has 1 saturated carbocycles. The largest absolute Gasteiger partial charge is 0.476 e. The van der Waals surface area contributed by atoms with Crippen LogP contribution < -0.4 is 0 Å². The summed E-state index contributed by atoms with van der Waals surface area (Å²) in [6.07, 6.45) is 5.06. The van der Waals surface area contributed by atoms with Crippen LogP contribution in [-0.2, 0) is 7.05 Å². The van der Waals surface area contributed by atoms with Crippen LogP contribution in [0.3, 0.4) is 0 Å². The highest BCUT2D eigenvalue weighted by Crippen LogP contribution is 2.42. The van der Waals surface area contributed by atoms with Crippen LogP contribution in [0, 0.1) is 5.41 Å². The second-order valence-electron chi connectivity index (χ2n) is 7.40. The first kappa shape index (κ1) is 15.8. The Morgan fingerprint density at radius 1 is 1.22 bits per heavy atom. The van der Waals surface area contributed by atoms with Crippen molar-refractivity contribution >= 4 is 5.97 Å². The molecule has 0 aliphatic heterocycles. The lowest BCUT2D eigenvalue weighted by atomic mass is 9.71. The van der Waals surface area contributed by atoms with Crippen LogP contribution in [0.4, 0.5) is 0 Å². The fourth-order valence-electron chi connectivity index (χ4n) is 3.50. The number of carboxylic acid groups (broad SMARTS) is 1. The van der Waals surface area contributed by atoms with E-state index in [1.54, 1.807) is 17.8 Å². The molecule has 4 heteroatoms. The highest BCUT2D eigenvalue weighted by molar-refractivity contribution is 5.87. The Morgan fingerprint density at radius 3 is 2.35 bits per heavy atom. The van der Waals surface area contributed by atoms with E-state index in [1.165, 1.54) is 31.2 Å². The molecule has 0 atom stereocenters. The summed E-state index contributed by atoms with van der Waals surface area (Å²) in [5, 5.41) is 13.1. The van der Waals surface area contributed by atoms with Gasteiger partial charge >= 0.3 is 5.97 Å². The monoisotopic (exact) mass is 312 g/mol. The third-order valence-corrected chi connectivity index (χ3v) is 5.12. The van der Waals surface area contributed by atoms with E-state index in [4.69, 9.17) is 5.11 Å². The zero-order valence-corrected chi connectivity index (χ0v) is 14.0. The van der Waals surface area contributed by atoms with Crippen LogP contribution in [-0.4, -0.2) is 20.9 Å². The molecule has 0 radical (unpaired) electrons. The predicted octanol–water partition coefficient (Wildman–Crippen LogP) is 4.47.